The van der Waals surface area contributed by atoms with Crippen molar-refractivity contribution in [2.45, 2.75) is 32.0 Å². The highest BCUT2D eigenvalue weighted by Gasteiger charge is 2.30. The lowest BCUT2D eigenvalue weighted by Gasteiger charge is -2.26. The predicted octanol–water partition coefficient (Wildman–Crippen LogP) is 4.92. The Bertz CT molecular complexity index is 731. The molecule has 1 saturated heterocycles. The Kier molecular flexibility index (Phi) is 5.23. The molecule has 3 rings (SSSR count). The molecule has 1 heterocycles. The van der Waals surface area contributed by atoms with E-state index in [-0.39, 0.29) is 5.56 Å². The number of alkyl halides is 3. The molecule has 0 aromatic heterocycles. The highest BCUT2D eigenvalue weighted by atomic mass is 19.4. The van der Waals surface area contributed by atoms with Gasteiger partial charge in [0.2, 0.25) is 0 Å². The van der Waals surface area contributed by atoms with Gasteiger partial charge < -0.3 is 0 Å². The van der Waals surface area contributed by atoms with Gasteiger partial charge in [-0.1, -0.05) is 42.8 Å². The van der Waals surface area contributed by atoms with Crippen molar-refractivity contribution in [2.75, 3.05) is 13.1 Å². The minimum Gasteiger partial charge on any atom is -0.299 e. The molecule has 0 aliphatic carbocycles. The van der Waals surface area contributed by atoms with E-state index in [1.807, 2.05) is 12.1 Å². The third-order valence-electron chi connectivity index (χ3n) is 4.52. The van der Waals surface area contributed by atoms with Gasteiger partial charge in [-0.3, -0.25) is 9.69 Å². The summed E-state index contributed by atoms with van der Waals surface area (Å²) in [5.41, 5.74) is 0.767. The largest absolute Gasteiger partial charge is 0.416 e. The fourth-order valence-corrected chi connectivity index (χ4v) is 3.14. The van der Waals surface area contributed by atoms with E-state index in [1.54, 1.807) is 12.1 Å². The Morgan fingerprint density at radius 3 is 2.24 bits per heavy atom. The van der Waals surface area contributed by atoms with Crippen molar-refractivity contribution < 1.29 is 18.0 Å². The second-order valence-electron chi connectivity index (χ2n) is 6.44. The molecule has 0 radical (unpaired) electrons. The minimum absolute atomic E-state index is 0.0543. The van der Waals surface area contributed by atoms with Crippen LogP contribution in [0.1, 0.15) is 46.3 Å². The van der Waals surface area contributed by atoms with Crippen molar-refractivity contribution in [3.05, 3.63) is 70.8 Å². The van der Waals surface area contributed by atoms with Gasteiger partial charge in [0, 0.05) is 17.7 Å². The smallest absolute Gasteiger partial charge is 0.299 e. The van der Waals surface area contributed by atoms with Crippen LogP contribution in [0.15, 0.2) is 48.5 Å². The maximum absolute atomic E-state index is 12.8. The lowest BCUT2D eigenvalue weighted by Crippen LogP contribution is -2.29. The molecule has 0 bridgehead atoms. The Labute approximate surface area is 145 Å². The van der Waals surface area contributed by atoms with E-state index < -0.39 is 17.5 Å². The topological polar surface area (TPSA) is 20.3 Å². The van der Waals surface area contributed by atoms with Crippen molar-refractivity contribution in [3.8, 4) is 0 Å². The predicted molar refractivity (Wildman–Crippen MR) is 90.4 cm³/mol. The van der Waals surface area contributed by atoms with Gasteiger partial charge in [0.05, 0.1) is 5.56 Å². The first-order valence-electron chi connectivity index (χ1n) is 8.47. The van der Waals surface area contributed by atoms with E-state index in [2.05, 4.69) is 4.90 Å². The summed E-state index contributed by atoms with van der Waals surface area (Å²) in [5.74, 6) is -0.393. The molecule has 1 aliphatic rings. The summed E-state index contributed by atoms with van der Waals surface area (Å²) in [6.07, 6.45) is -0.742. The average molecular weight is 347 g/mol. The molecule has 0 N–H and O–H groups in total. The molecule has 132 valence electrons. The van der Waals surface area contributed by atoms with Gasteiger partial charge in [-0.05, 0) is 43.6 Å². The van der Waals surface area contributed by atoms with Crippen molar-refractivity contribution in [1.82, 2.24) is 4.90 Å². The lowest BCUT2D eigenvalue weighted by atomic mass is 10.00. The second-order valence-corrected chi connectivity index (χ2v) is 6.44. The van der Waals surface area contributed by atoms with Crippen LogP contribution in [-0.2, 0) is 12.7 Å². The molecule has 1 fully saturated rings. The minimum atomic E-state index is -4.45. The molecule has 0 unspecified atom stereocenters. The first-order valence-corrected chi connectivity index (χ1v) is 8.47. The van der Waals surface area contributed by atoms with Crippen molar-refractivity contribution >= 4 is 5.78 Å². The Morgan fingerprint density at radius 1 is 0.920 bits per heavy atom. The second kappa shape index (κ2) is 7.40. The summed E-state index contributed by atoms with van der Waals surface area (Å²) < 4.78 is 38.4. The third-order valence-corrected chi connectivity index (χ3v) is 4.52. The summed E-state index contributed by atoms with van der Waals surface area (Å²) in [4.78, 5) is 14.8. The molecule has 0 saturated carbocycles. The van der Waals surface area contributed by atoms with Crippen LogP contribution in [-0.4, -0.2) is 23.8 Å². The number of nitrogens with zero attached hydrogens (tertiary/aromatic N) is 1. The molecule has 2 aromatic carbocycles. The number of carbonyl (C=O) groups is 1. The van der Waals surface area contributed by atoms with Crippen LogP contribution in [0.2, 0.25) is 0 Å². The van der Waals surface area contributed by atoms with Crippen LogP contribution in [0.25, 0.3) is 0 Å². The van der Waals surface area contributed by atoms with E-state index in [4.69, 9.17) is 0 Å². The standard InChI is InChI=1S/C20H20F3NO/c21-20(22,23)18-6-4-5-17(13-18)19(25)16-9-7-15(8-10-16)14-24-11-2-1-3-12-24/h4-10,13H,1-3,11-12,14H2. The van der Waals surface area contributed by atoms with E-state index in [9.17, 15) is 18.0 Å². The molecule has 0 atom stereocenters. The first-order chi connectivity index (χ1) is 11.9. The number of hydrogen-bond donors (Lipinski definition) is 0. The number of hydrogen-bond acceptors (Lipinski definition) is 2. The third kappa shape index (κ3) is 4.48. The molecule has 2 aromatic rings. The van der Waals surface area contributed by atoms with Gasteiger partial charge >= 0.3 is 6.18 Å². The summed E-state index contributed by atoms with van der Waals surface area (Å²) in [7, 11) is 0. The maximum Gasteiger partial charge on any atom is 0.416 e. The van der Waals surface area contributed by atoms with Gasteiger partial charge in [0.25, 0.3) is 0 Å². The lowest BCUT2D eigenvalue weighted by molar-refractivity contribution is -0.137. The summed E-state index contributed by atoms with van der Waals surface area (Å²) in [6, 6.07) is 11.7. The Balaban J connectivity index is 1.72. The van der Waals surface area contributed by atoms with E-state index in [1.165, 1.54) is 31.4 Å². The monoisotopic (exact) mass is 347 g/mol. The number of halogens is 3. The Morgan fingerprint density at radius 2 is 1.60 bits per heavy atom. The molecular formula is C20H20F3NO. The number of likely N-dealkylation sites (tertiary alicyclic amines) is 1. The number of benzene rings is 2. The zero-order chi connectivity index (χ0) is 17.9. The highest BCUT2D eigenvalue weighted by Crippen LogP contribution is 2.30. The van der Waals surface area contributed by atoms with Crippen molar-refractivity contribution in [3.63, 3.8) is 0 Å². The number of rotatable bonds is 4. The zero-order valence-electron chi connectivity index (χ0n) is 13.9. The van der Waals surface area contributed by atoms with Crippen LogP contribution < -0.4 is 0 Å². The summed E-state index contributed by atoms with van der Waals surface area (Å²) in [6.45, 7) is 3.02. The van der Waals surface area contributed by atoms with E-state index >= 15 is 0 Å². The van der Waals surface area contributed by atoms with Crippen molar-refractivity contribution in [2.24, 2.45) is 0 Å². The molecule has 0 spiro atoms. The van der Waals surface area contributed by atoms with E-state index in [0.29, 0.717) is 5.56 Å². The average Bonchev–Trinajstić information content (AvgIpc) is 2.62. The summed E-state index contributed by atoms with van der Waals surface area (Å²) in [5, 5.41) is 0. The van der Waals surface area contributed by atoms with Crippen LogP contribution in [0.5, 0.6) is 0 Å². The SMILES string of the molecule is O=C(c1ccc(CN2CCCCC2)cc1)c1cccc(C(F)(F)F)c1. The van der Waals surface area contributed by atoms with Gasteiger partial charge in [0.1, 0.15) is 0 Å². The molecule has 25 heavy (non-hydrogen) atoms. The number of piperidine rings is 1. The number of carbonyl (C=O) groups excluding carboxylic acids is 1. The Hall–Kier alpha value is -2.14. The molecule has 0 amide bonds. The maximum atomic E-state index is 12.8. The van der Waals surface area contributed by atoms with Crippen LogP contribution in [0, 0.1) is 0 Å². The molecular weight excluding hydrogens is 327 g/mol. The van der Waals surface area contributed by atoms with Crippen molar-refractivity contribution in [1.29, 1.82) is 0 Å². The van der Waals surface area contributed by atoms with Gasteiger partial charge in [-0.25, -0.2) is 0 Å². The highest BCUT2D eigenvalue weighted by molar-refractivity contribution is 6.09. The van der Waals surface area contributed by atoms with Crippen LogP contribution in [0.4, 0.5) is 13.2 Å². The first kappa shape index (κ1) is 17.7. The van der Waals surface area contributed by atoms with E-state index in [0.717, 1.165) is 37.3 Å². The quantitative estimate of drug-likeness (QED) is 0.732. The fraction of sp³-hybridized carbons (Fsp3) is 0.350. The zero-order valence-corrected chi connectivity index (χ0v) is 13.9. The summed E-state index contributed by atoms with van der Waals surface area (Å²) >= 11 is 0. The normalized spacial score (nSPS) is 16.0. The molecule has 2 nitrogen and oxygen atoms in total. The van der Waals surface area contributed by atoms with Gasteiger partial charge in [-0.2, -0.15) is 13.2 Å². The van der Waals surface area contributed by atoms with Gasteiger partial charge in [0.15, 0.2) is 5.78 Å². The number of ketones is 1. The fourth-order valence-electron chi connectivity index (χ4n) is 3.14. The van der Waals surface area contributed by atoms with Crippen LogP contribution >= 0.6 is 0 Å². The molecule has 1 aliphatic heterocycles. The molecule has 5 heteroatoms. The van der Waals surface area contributed by atoms with Gasteiger partial charge in [-0.15, -0.1) is 0 Å². The van der Waals surface area contributed by atoms with Crippen LogP contribution in [0.3, 0.4) is 0 Å².